The summed E-state index contributed by atoms with van der Waals surface area (Å²) >= 11 is 0. The molecule has 0 atom stereocenters. The van der Waals surface area contributed by atoms with Crippen molar-refractivity contribution in [2.24, 2.45) is 5.92 Å². The second-order valence-corrected chi connectivity index (χ2v) is 2.19. The van der Waals surface area contributed by atoms with E-state index in [0.29, 0.717) is 0 Å². The van der Waals surface area contributed by atoms with E-state index in [1.807, 2.05) is 0 Å². The zero-order chi connectivity index (χ0) is 8.41. The van der Waals surface area contributed by atoms with Crippen molar-refractivity contribution in [2.75, 3.05) is 0 Å². The first-order valence-electron chi connectivity index (χ1n) is 3.80. The second kappa shape index (κ2) is 11.2. The van der Waals surface area contributed by atoms with Crippen molar-refractivity contribution >= 4 is 6.08 Å². The maximum absolute atomic E-state index is 8.35. The molecule has 0 aromatic heterocycles. The van der Waals surface area contributed by atoms with Crippen LogP contribution in [0.2, 0.25) is 0 Å². The number of nitrogens with one attached hydrogen (secondary N) is 1. The third-order valence-electron chi connectivity index (χ3n) is 1.73. The van der Waals surface area contributed by atoms with Gasteiger partial charge in [0, 0.05) is 0 Å². The Hall–Kier alpha value is -0.620. The highest BCUT2D eigenvalue weighted by Gasteiger charge is 1.95. The quantitative estimate of drug-likeness (QED) is 0.479. The molecule has 0 spiro atoms. The molecule has 0 unspecified atom stereocenters. The molecule has 0 heterocycles. The second-order valence-electron chi connectivity index (χ2n) is 2.19. The monoisotopic (exact) mass is 143 g/mol. The minimum Gasteiger partial charge on any atom is -0.222 e. The third kappa shape index (κ3) is 10.4. The van der Waals surface area contributed by atoms with Crippen LogP contribution in [0.1, 0.15) is 40.0 Å². The summed E-state index contributed by atoms with van der Waals surface area (Å²) in [6, 6.07) is 0. The highest BCUT2D eigenvalue weighted by Crippen LogP contribution is 2.09. The number of hydrogen-bond donors (Lipinski definition) is 1. The van der Waals surface area contributed by atoms with E-state index in [1.165, 1.54) is 19.3 Å². The molecule has 0 radical (unpaired) electrons. The molecule has 0 rings (SSSR count). The predicted octanol–water partition coefficient (Wildman–Crippen LogP) is 2.73. The van der Waals surface area contributed by atoms with Crippen LogP contribution in [-0.2, 0) is 4.79 Å². The molecule has 0 saturated carbocycles. The minimum absolute atomic E-state index is 0.750. The maximum atomic E-state index is 8.35. The summed E-state index contributed by atoms with van der Waals surface area (Å²) in [7, 11) is 0. The molecule has 0 saturated heterocycles. The molecule has 0 aromatic rings. The summed E-state index contributed by atoms with van der Waals surface area (Å²) in [4.78, 5) is 8.35. The molecule has 0 aliphatic rings. The lowest BCUT2D eigenvalue weighted by atomic mass is 10.0. The van der Waals surface area contributed by atoms with Crippen LogP contribution >= 0.6 is 0 Å². The maximum Gasteiger partial charge on any atom is 0.231 e. The van der Waals surface area contributed by atoms with Gasteiger partial charge < -0.3 is 0 Å². The van der Waals surface area contributed by atoms with E-state index in [-0.39, 0.29) is 0 Å². The summed E-state index contributed by atoms with van der Waals surface area (Å²) in [6.45, 7) is 6.78. The molecule has 2 heteroatoms. The van der Waals surface area contributed by atoms with Crippen LogP contribution in [0.15, 0.2) is 0 Å². The predicted molar refractivity (Wildman–Crippen MR) is 42.8 cm³/mol. The molecule has 0 aliphatic heterocycles. The van der Waals surface area contributed by atoms with Gasteiger partial charge in [-0.3, -0.25) is 0 Å². The van der Waals surface area contributed by atoms with Gasteiger partial charge in [0.1, 0.15) is 0 Å². The van der Waals surface area contributed by atoms with E-state index in [4.69, 9.17) is 10.2 Å². The van der Waals surface area contributed by atoms with Gasteiger partial charge in [-0.25, -0.2) is 10.2 Å². The average Bonchev–Trinajstić information content (AvgIpc) is 1.93. The lowest BCUT2D eigenvalue weighted by molar-refractivity contribution is 0.477. The number of hydrogen-bond acceptors (Lipinski definition) is 2. The zero-order valence-corrected chi connectivity index (χ0v) is 7.11. The summed E-state index contributed by atoms with van der Waals surface area (Å²) in [5.41, 5.74) is 0. The molecular formula is C8H17NO. The van der Waals surface area contributed by atoms with Gasteiger partial charge in [0.25, 0.3) is 0 Å². The third-order valence-corrected chi connectivity index (χ3v) is 1.73. The van der Waals surface area contributed by atoms with Crippen molar-refractivity contribution in [2.45, 2.75) is 40.0 Å². The molecule has 0 aromatic carbocycles. The average molecular weight is 143 g/mol. The molecule has 10 heavy (non-hydrogen) atoms. The van der Waals surface area contributed by atoms with E-state index < -0.39 is 0 Å². The SMILES string of the molecule is CCC(CC)CC.N=C=O. The molecule has 60 valence electrons. The van der Waals surface area contributed by atoms with E-state index in [2.05, 4.69) is 20.8 Å². The lowest BCUT2D eigenvalue weighted by Crippen LogP contribution is -1.91. The van der Waals surface area contributed by atoms with Crippen LogP contribution in [-0.4, -0.2) is 6.08 Å². The molecule has 0 amide bonds. The van der Waals surface area contributed by atoms with Gasteiger partial charge in [-0.1, -0.05) is 40.0 Å². The van der Waals surface area contributed by atoms with Crippen LogP contribution in [0.4, 0.5) is 0 Å². The van der Waals surface area contributed by atoms with Gasteiger partial charge in [0.2, 0.25) is 6.08 Å². The number of isocyanates is 1. The lowest BCUT2D eigenvalue weighted by Gasteiger charge is -2.05. The Bertz CT molecular complexity index is 75.7. The molecule has 0 fully saturated rings. The standard InChI is InChI=1S/C7H16.CHNO/c1-4-7(5-2)6-3;2-1-3/h7H,4-6H2,1-3H3;2H. The van der Waals surface area contributed by atoms with Crippen LogP contribution in [0.5, 0.6) is 0 Å². The molecular weight excluding hydrogens is 126 g/mol. The van der Waals surface area contributed by atoms with Crippen LogP contribution < -0.4 is 0 Å². The first-order valence-corrected chi connectivity index (χ1v) is 3.80. The number of carbonyl (C=O) groups excluding carboxylic acids is 1. The fourth-order valence-electron chi connectivity index (χ4n) is 0.866. The van der Waals surface area contributed by atoms with Gasteiger partial charge in [-0.15, -0.1) is 0 Å². The zero-order valence-electron chi connectivity index (χ0n) is 7.11. The minimum atomic E-state index is 0.750. The van der Waals surface area contributed by atoms with Gasteiger partial charge in [-0.2, -0.15) is 0 Å². The first-order chi connectivity index (χ1) is 4.76. The summed E-state index contributed by atoms with van der Waals surface area (Å²) in [5.74, 6) is 0.986. The van der Waals surface area contributed by atoms with E-state index in [0.717, 1.165) is 12.0 Å². The van der Waals surface area contributed by atoms with E-state index in [9.17, 15) is 0 Å². The fourth-order valence-corrected chi connectivity index (χ4v) is 0.866. The fraction of sp³-hybridized carbons (Fsp3) is 0.875. The van der Waals surface area contributed by atoms with Gasteiger partial charge in [0.05, 0.1) is 0 Å². The summed E-state index contributed by atoms with van der Waals surface area (Å²) in [5, 5.41) is 5.40. The first kappa shape index (κ1) is 12.1. The summed E-state index contributed by atoms with van der Waals surface area (Å²) in [6.07, 6.45) is 4.81. The molecule has 0 bridgehead atoms. The van der Waals surface area contributed by atoms with Gasteiger partial charge >= 0.3 is 0 Å². The highest BCUT2D eigenvalue weighted by molar-refractivity contribution is 5.26. The Morgan fingerprint density at radius 3 is 1.40 bits per heavy atom. The van der Waals surface area contributed by atoms with Crippen LogP contribution in [0.3, 0.4) is 0 Å². The van der Waals surface area contributed by atoms with Gasteiger partial charge in [0.15, 0.2) is 0 Å². The Balaban J connectivity index is 0. The highest BCUT2D eigenvalue weighted by atomic mass is 16.1. The van der Waals surface area contributed by atoms with Gasteiger partial charge in [-0.05, 0) is 5.92 Å². The topological polar surface area (TPSA) is 40.9 Å². The molecule has 1 N–H and O–H groups in total. The van der Waals surface area contributed by atoms with Crippen molar-refractivity contribution in [1.29, 1.82) is 5.41 Å². The molecule has 2 nitrogen and oxygen atoms in total. The summed E-state index contributed by atoms with van der Waals surface area (Å²) < 4.78 is 0. The van der Waals surface area contributed by atoms with E-state index in [1.54, 1.807) is 0 Å². The normalized spacial score (nSPS) is 8.00. The molecule has 0 aliphatic carbocycles. The van der Waals surface area contributed by atoms with Crippen molar-refractivity contribution in [3.63, 3.8) is 0 Å². The Labute approximate surface area is 63.1 Å². The largest absolute Gasteiger partial charge is 0.231 e. The van der Waals surface area contributed by atoms with Crippen LogP contribution in [0.25, 0.3) is 0 Å². The Kier molecular flexibility index (Phi) is 13.6. The van der Waals surface area contributed by atoms with Crippen molar-refractivity contribution in [3.8, 4) is 0 Å². The van der Waals surface area contributed by atoms with Crippen molar-refractivity contribution in [3.05, 3.63) is 0 Å². The van der Waals surface area contributed by atoms with Crippen LogP contribution in [0, 0.1) is 11.3 Å². The Morgan fingerprint density at radius 2 is 1.40 bits per heavy atom. The van der Waals surface area contributed by atoms with E-state index >= 15 is 0 Å². The van der Waals surface area contributed by atoms with Crippen molar-refractivity contribution in [1.82, 2.24) is 0 Å². The Morgan fingerprint density at radius 1 is 1.20 bits per heavy atom. The number of rotatable bonds is 3. The van der Waals surface area contributed by atoms with Crippen molar-refractivity contribution < 1.29 is 4.79 Å². The smallest absolute Gasteiger partial charge is 0.222 e.